The van der Waals surface area contributed by atoms with Crippen molar-refractivity contribution in [3.8, 4) is 0 Å². The Labute approximate surface area is 120 Å². The third-order valence-electron chi connectivity index (χ3n) is 3.03. The second-order valence-electron chi connectivity index (χ2n) is 4.72. The molecule has 0 saturated heterocycles. The van der Waals surface area contributed by atoms with Crippen LogP contribution in [-0.4, -0.2) is 21.8 Å². The molecule has 0 fully saturated rings. The maximum absolute atomic E-state index is 12.1. The normalized spacial score (nSPS) is 11.8. The van der Waals surface area contributed by atoms with Crippen molar-refractivity contribution in [3.05, 3.63) is 30.6 Å². The quantitative estimate of drug-likeness (QED) is 0.742. The summed E-state index contributed by atoms with van der Waals surface area (Å²) in [6.07, 6.45) is 2.21. The van der Waals surface area contributed by atoms with Gasteiger partial charge in [-0.2, -0.15) is 0 Å². The molecule has 1 heterocycles. The molecule has 0 bridgehead atoms. The van der Waals surface area contributed by atoms with Gasteiger partial charge in [-0.25, -0.2) is 4.79 Å². The minimum atomic E-state index is -0.343. The molecule has 0 aliphatic carbocycles. The lowest BCUT2D eigenvalue weighted by Crippen LogP contribution is -2.42. The van der Waals surface area contributed by atoms with Gasteiger partial charge in [-0.05, 0) is 49.8 Å². The summed E-state index contributed by atoms with van der Waals surface area (Å²) in [6, 6.07) is 0. The molecule has 0 unspecified atom stereocenters. The van der Waals surface area contributed by atoms with E-state index in [0.717, 1.165) is 0 Å². The van der Waals surface area contributed by atoms with Crippen molar-refractivity contribution < 1.29 is 4.74 Å². The first-order chi connectivity index (χ1) is 8.32. The standard InChI is InChI=1S/C12H19IN2O3/c1-5-14-8-9(13)10(16)15(11(14)17)7-6-12(2,3)18-4/h8H,5-7H2,1-4H3. The second-order valence-corrected chi connectivity index (χ2v) is 5.88. The molecule has 0 amide bonds. The summed E-state index contributed by atoms with van der Waals surface area (Å²) in [5, 5.41) is 0. The van der Waals surface area contributed by atoms with E-state index in [2.05, 4.69) is 0 Å². The molecule has 1 aromatic rings. The third-order valence-corrected chi connectivity index (χ3v) is 3.77. The van der Waals surface area contributed by atoms with Gasteiger partial charge in [-0.3, -0.25) is 13.9 Å². The Bertz CT molecular complexity index is 531. The van der Waals surface area contributed by atoms with Gasteiger partial charge < -0.3 is 4.74 Å². The van der Waals surface area contributed by atoms with E-state index < -0.39 is 0 Å². The molecule has 6 heteroatoms. The monoisotopic (exact) mass is 366 g/mol. The lowest BCUT2D eigenvalue weighted by atomic mass is 10.1. The molecule has 102 valence electrons. The number of rotatable bonds is 5. The minimum absolute atomic E-state index is 0.225. The van der Waals surface area contributed by atoms with Crippen LogP contribution < -0.4 is 11.2 Å². The van der Waals surface area contributed by atoms with Crippen LogP contribution in [0.5, 0.6) is 0 Å². The lowest BCUT2D eigenvalue weighted by molar-refractivity contribution is 0.0115. The Balaban J connectivity index is 3.13. The highest BCUT2D eigenvalue weighted by molar-refractivity contribution is 14.1. The molecule has 0 atom stereocenters. The molecule has 5 nitrogen and oxygen atoms in total. The van der Waals surface area contributed by atoms with E-state index in [1.54, 1.807) is 17.9 Å². The summed E-state index contributed by atoms with van der Waals surface area (Å²) in [6.45, 7) is 6.68. The molecular weight excluding hydrogens is 347 g/mol. The van der Waals surface area contributed by atoms with Crippen molar-refractivity contribution in [1.82, 2.24) is 9.13 Å². The second kappa shape index (κ2) is 6.01. The summed E-state index contributed by atoms with van der Waals surface area (Å²) in [4.78, 5) is 24.0. The first kappa shape index (κ1) is 15.4. The lowest BCUT2D eigenvalue weighted by Gasteiger charge is -2.23. The van der Waals surface area contributed by atoms with Gasteiger partial charge in [0.25, 0.3) is 5.56 Å². The van der Waals surface area contributed by atoms with Gasteiger partial charge in [0.15, 0.2) is 0 Å². The smallest absolute Gasteiger partial charge is 0.331 e. The molecule has 0 aromatic carbocycles. The number of halogens is 1. The summed E-state index contributed by atoms with van der Waals surface area (Å²) in [7, 11) is 1.63. The number of hydrogen-bond acceptors (Lipinski definition) is 3. The number of aromatic nitrogens is 2. The largest absolute Gasteiger partial charge is 0.379 e. The summed E-state index contributed by atoms with van der Waals surface area (Å²) >= 11 is 1.96. The molecule has 0 aliphatic rings. The van der Waals surface area contributed by atoms with Gasteiger partial charge in [0.1, 0.15) is 0 Å². The Morgan fingerprint density at radius 3 is 2.50 bits per heavy atom. The molecule has 0 spiro atoms. The van der Waals surface area contributed by atoms with Gasteiger partial charge in [0.2, 0.25) is 0 Å². The summed E-state index contributed by atoms with van der Waals surface area (Å²) in [5.41, 5.74) is -0.823. The summed E-state index contributed by atoms with van der Waals surface area (Å²) in [5.74, 6) is 0. The van der Waals surface area contributed by atoms with Gasteiger partial charge in [-0.1, -0.05) is 0 Å². The summed E-state index contributed by atoms with van der Waals surface area (Å²) < 4.78 is 8.69. The van der Waals surface area contributed by atoms with Crippen molar-refractivity contribution in [2.45, 2.75) is 45.9 Å². The fourth-order valence-electron chi connectivity index (χ4n) is 1.52. The van der Waals surface area contributed by atoms with E-state index in [1.165, 1.54) is 4.57 Å². The van der Waals surface area contributed by atoms with Crippen molar-refractivity contribution in [2.24, 2.45) is 0 Å². The average molecular weight is 366 g/mol. The Morgan fingerprint density at radius 1 is 1.39 bits per heavy atom. The Hall–Kier alpha value is -0.630. The molecule has 0 aliphatic heterocycles. The van der Waals surface area contributed by atoms with Gasteiger partial charge in [0.05, 0.1) is 9.17 Å². The predicted molar refractivity (Wildman–Crippen MR) is 79.1 cm³/mol. The molecular formula is C12H19IN2O3. The van der Waals surface area contributed by atoms with Crippen LogP contribution in [0, 0.1) is 3.57 Å². The Kier molecular flexibility index (Phi) is 5.15. The number of nitrogens with zero attached hydrogens (tertiary/aromatic N) is 2. The minimum Gasteiger partial charge on any atom is -0.379 e. The topological polar surface area (TPSA) is 53.2 Å². The molecule has 18 heavy (non-hydrogen) atoms. The van der Waals surface area contributed by atoms with E-state index >= 15 is 0 Å². The highest BCUT2D eigenvalue weighted by Crippen LogP contribution is 2.13. The number of aryl methyl sites for hydroxylation is 1. The zero-order valence-electron chi connectivity index (χ0n) is 11.2. The fraction of sp³-hybridized carbons (Fsp3) is 0.667. The number of ether oxygens (including phenoxy) is 1. The third kappa shape index (κ3) is 3.44. The predicted octanol–water partition coefficient (Wildman–Crippen LogP) is 1.45. The molecule has 0 N–H and O–H groups in total. The van der Waals surface area contributed by atoms with Crippen LogP contribution in [0.25, 0.3) is 0 Å². The van der Waals surface area contributed by atoms with Crippen LogP contribution >= 0.6 is 22.6 Å². The maximum Gasteiger partial charge on any atom is 0.331 e. The van der Waals surface area contributed by atoms with E-state index in [0.29, 0.717) is 23.1 Å². The molecule has 1 rings (SSSR count). The number of hydrogen-bond donors (Lipinski definition) is 0. The van der Waals surface area contributed by atoms with Crippen molar-refractivity contribution in [1.29, 1.82) is 0 Å². The highest BCUT2D eigenvalue weighted by Gasteiger charge is 2.18. The maximum atomic E-state index is 12.1. The van der Waals surface area contributed by atoms with Gasteiger partial charge in [0, 0.05) is 26.4 Å². The van der Waals surface area contributed by atoms with Crippen molar-refractivity contribution >= 4 is 22.6 Å². The zero-order chi connectivity index (χ0) is 13.9. The first-order valence-corrected chi connectivity index (χ1v) is 6.95. The zero-order valence-corrected chi connectivity index (χ0v) is 13.4. The first-order valence-electron chi connectivity index (χ1n) is 5.87. The fourth-order valence-corrected chi connectivity index (χ4v) is 2.15. The van der Waals surface area contributed by atoms with Crippen molar-refractivity contribution in [2.75, 3.05) is 7.11 Å². The van der Waals surface area contributed by atoms with Crippen LogP contribution in [0.2, 0.25) is 0 Å². The average Bonchev–Trinajstić information content (AvgIpc) is 2.33. The van der Waals surface area contributed by atoms with Crippen molar-refractivity contribution in [3.63, 3.8) is 0 Å². The van der Waals surface area contributed by atoms with E-state index in [1.807, 2.05) is 43.4 Å². The van der Waals surface area contributed by atoms with E-state index in [9.17, 15) is 9.59 Å². The van der Waals surface area contributed by atoms with Crippen LogP contribution in [0.15, 0.2) is 15.8 Å². The van der Waals surface area contributed by atoms with Crippen LogP contribution in [0.1, 0.15) is 27.2 Å². The van der Waals surface area contributed by atoms with Crippen LogP contribution in [0.4, 0.5) is 0 Å². The van der Waals surface area contributed by atoms with Crippen LogP contribution in [0.3, 0.4) is 0 Å². The molecule has 1 aromatic heterocycles. The van der Waals surface area contributed by atoms with E-state index in [-0.39, 0.29) is 16.9 Å². The van der Waals surface area contributed by atoms with Crippen LogP contribution in [-0.2, 0) is 17.8 Å². The SMILES string of the molecule is CCn1cc(I)c(=O)n(CCC(C)(C)OC)c1=O. The van der Waals surface area contributed by atoms with Gasteiger partial charge in [-0.15, -0.1) is 0 Å². The molecule has 0 radical (unpaired) electrons. The Morgan fingerprint density at radius 2 is 2.00 bits per heavy atom. The highest BCUT2D eigenvalue weighted by atomic mass is 127. The molecule has 0 saturated carbocycles. The van der Waals surface area contributed by atoms with E-state index in [4.69, 9.17) is 4.74 Å². The van der Waals surface area contributed by atoms with Gasteiger partial charge >= 0.3 is 5.69 Å². The number of methoxy groups -OCH3 is 1.